The van der Waals surface area contributed by atoms with Crippen LogP contribution in [0.4, 0.5) is 5.69 Å². The fourth-order valence-electron chi connectivity index (χ4n) is 3.61. The highest BCUT2D eigenvalue weighted by Gasteiger charge is 2.59. The average Bonchev–Trinajstić information content (AvgIpc) is 3.16. The van der Waals surface area contributed by atoms with Gasteiger partial charge in [0.05, 0.1) is 11.7 Å². The number of amides is 2. The van der Waals surface area contributed by atoms with Crippen LogP contribution in [-0.4, -0.2) is 34.3 Å². The van der Waals surface area contributed by atoms with Crippen molar-refractivity contribution in [2.24, 2.45) is 5.92 Å². The van der Waals surface area contributed by atoms with E-state index in [2.05, 4.69) is 4.98 Å². The van der Waals surface area contributed by atoms with Crippen molar-refractivity contribution in [1.82, 2.24) is 9.88 Å². The van der Waals surface area contributed by atoms with Gasteiger partial charge in [-0.05, 0) is 36.2 Å². The molecule has 2 aliphatic heterocycles. The Hall–Kier alpha value is -2.73. The molecule has 0 saturated carbocycles. The zero-order chi connectivity index (χ0) is 17.4. The standard InChI is InChI=1S/C19H19N3O3/c1-2-12-21-18(23)15-16(13-8-10-20-11-9-13)22(25-17(15)19(21)24)14-6-4-3-5-7-14/h3-11,15-17H,2,12H2,1H3/t15-,16-,17-/m1/s1. The van der Waals surface area contributed by atoms with Gasteiger partial charge in [0.15, 0.2) is 6.10 Å². The third kappa shape index (κ3) is 2.49. The first kappa shape index (κ1) is 15.8. The molecule has 2 amide bonds. The Labute approximate surface area is 146 Å². The lowest BCUT2D eigenvalue weighted by Gasteiger charge is -2.28. The predicted molar refractivity (Wildman–Crippen MR) is 91.3 cm³/mol. The van der Waals surface area contributed by atoms with Crippen molar-refractivity contribution in [3.05, 3.63) is 60.4 Å². The summed E-state index contributed by atoms with van der Waals surface area (Å²) in [6.07, 6.45) is 3.35. The molecule has 2 saturated heterocycles. The van der Waals surface area contributed by atoms with E-state index in [4.69, 9.17) is 4.84 Å². The summed E-state index contributed by atoms with van der Waals surface area (Å²) in [4.78, 5) is 37.0. The number of pyridine rings is 1. The highest BCUT2D eigenvalue weighted by Crippen LogP contribution is 2.46. The van der Waals surface area contributed by atoms with E-state index in [1.165, 1.54) is 4.90 Å². The quantitative estimate of drug-likeness (QED) is 0.802. The molecule has 0 N–H and O–H groups in total. The number of hydrogen-bond donors (Lipinski definition) is 0. The van der Waals surface area contributed by atoms with Crippen molar-refractivity contribution in [2.45, 2.75) is 25.5 Å². The first-order valence-electron chi connectivity index (χ1n) is 8.48. The van der Waals surface area contributed by atoms with Gasteiger partial charge in [0.25, 0.3) is 5.91 Å². The predicted octanol–water partition coefficient (Wildman–Crippen LogP) is 2.34. The Balaban J connectivity index is 1.77. The van der Waals surface area contributed by atoms with E-state index < -0.39 is 12.0 Å². The topological polar surface area (TPSA) is 62.7 Å². The monoisotopic (exact) mass is 337 g/mol. The van der Waals surface area contributed by atoms with Crippen LogP contribution in [0.15, 0.2) is 54.9 Å². The maximum atomic E-state index is 12.9. The third-order valence-electron chi connectivity index (χ3n) is 4.71. The van der Waals surface area contributed by atoms with E-state index in [1.807, 2.05) is 49.4 Å². The van der Waals surface area contributed by atoms with Crippen LogP contribution < -0.4 is 5.06 Å². The van der Waals surface area contributed by atoms with E-state index >= 15 is 0 Å². The molecule has 2 aliphatic rings. The molecule has 0 radical (unpaired) electrons. The van der Waals surface area contributed by atoms with Crippen LogP contribution in [0.5, 0.6) is 0 Å². The Morgan fingerprint density at radius 3 is 2.44 bits per heavy atom. The molecule has 2 fully saturated rings. The van der Waals surface area contributed by atoms with Crippen LogP contribution in [0.25, 0.3) is 0 Å². The Bertz CT molecular complexity index is 781. The Kier molecular flexibility index (Phi) is 3.97. The molecule has 6 heteroatoms. The third-order valence-corrected chi connectivity index (χ3v) is 4.71. The normalized spacial score (nSPS) is 25.6. The van der Waals surface area contributed by atoms with Gasteiger partial charge in [-0.25, -0.2) is 5.06 Å². The molecule has 25 heavy (non-hydrogen) atoms. The highest BCUT2D eigenvalue weighted by molar-refractivity contribution is 6.07. The SMILES string of the molecule is CCCN1C(=O)[C@@H]2[C@@H](c3ccncc3)N(c3ccccc3)O[C@H]2C1=O. The van der Waals surface area contributed by atoms with Gasteiger partial charge in [-0.2, -0.15) is 0 Å². The molecular formula is C19H19N3O3. The summed E-state index contributed by atoms with van der Waals surface area (Å²) < 4.78 is 0. The second-order valence-electron chi connectivity index (χ2n) is 6.27. The van der Waals surface area contributed by atoms with Gasteiger partial charge in [-0.15, -0.1) is 0 Å². The summed E-state index contributed by atoms with van der Waals surface area (Å²) >= 11 is 0. The molecule has 4 rings (SSSR count). The molecule has 128 valence electrons. The van der Waals surface area contributed by atoms with Crippen LogP contribution in [-0.2, 0) is 14.4 Å². The molecule has 0 spiro atoms. The van der Waals surface area contributed by atoms with E-state index in [1.54, 1.807) is 17.5 Å². The van der Waals surface area contributed by atoms with Crippen LogP contribution in [0, 0.1) is 5.92 Å². The van der Waals surface area contributed by atoms with Crippen molar-refractivity contribution in [2.75, 3.05) is 11.6 Å². The molecule has 0 bridgehead atoms. The second kappa shape index (κ2) is 6.29. The van der Waals surface area contributed by atoms with Gasteiger partial charge < -0.3 is 0 Å². The number of aromatic nitrogens is 1. The summed E-state index contributed by atoms with van der Waals surface area (Å²) in [5.74, 6) is -0.937. The van der Waals surface area contributed by atoms with Gasteiger partial charge in [0, 0.05) is 18.9 Å². The molecule has 3 heterocycles. The van der Waals surface area contributed by atoms with E-state index in [0.717, 1.165) is 17.7 Å². The number of para-hydroxylation sites is 1. The number of nitrogens with zero attached hydrogens (tertiary/aromatic N) is 3. The smallest absolute Gasteiger partial charge is 0.261 e. The summed E-state index contributed by atoms with van der Waals surface area (Å²) in [5, 5.41) is 1.70. The van der Waals surface area contributed by atoms with Gasteiger partial charge in [0.2, 0.25) is 5.91 Å². The first-order valence-corrected chi connectivity index (χ1v) is 8.48. The summed E-state index contributed by atoms with van der Waals surface area (Å²) in [7, 11) is 0. The number of benzene rings is 1. The van der Waals surface area contributed by atoms with Crippen molar-refractivity contribution in [3.63, 3.8) is 0 Å². The number of likely N-dealkylation sites (tertiary alicyclic amines) is 1. The molecule has 6 nitrogen and oxygen atoms in total. The van der Waals surface area contributed by atoms with E-state index in [-0.39, 0.29) is 17.9 Å². The largest absolute Gasteiger partial charge is 0.280 e. The number of rotatable bonds is 4. The van der Waals surface area contributed by atoms with Crippen LogP contribution in [0.2, 0.25) is 0 Å². The lowest BCUT2D eigenvalue weighted by atomic mass is 9.91. The number of hydroxylamine groups is 1. The van der Waals surface area contributed by atoms with Crippen LogP contribution >= 0.6 is 0 Å². The molecule has 1 aromatic heterocycles. The lowest BCUT2D eigenvalue weighted by Crippen LogP contribution is -2.37. The molecule has 0 unspecified atom stereocenters. The number of carbonyl (C=O) groups excluding carboxylic acids is 2. The van der Waals surface area contributed by atoms with Crippen molar-refractivity contribution in [3.8, 4) is 0 Å². The molecule has 3 atom stereocenters. The van der Waals surface area contributed by atoms with Crippen LogP contribution in [0.3, 0.4) is 0 Å². The molecule has 1 aromatic carbocycles. The average molecular weight is 337 g/mol. The summed E-state index contributed by atoms with van der Waals surface area (Å²) in [6.45, 7) is 2.38. The second-order valence-corrected chi connectivity index (χ2v) is 6.27. The minimum atomic E-state index is -0.766. The van der Waals surface area contributed by atoms with Gasteiger partial charge in [0.1, 0.15) is 5.92 Å². The number of hydrogen-bond acceptors (Lipinski definition) is 5. The maximum Gasteiger partial charge on any atom is 0.261 e. The van der Waals surface area contributed by atoms with Crippen molar-refractivity contribution in [1.29, 1.82) is 0 Å². The minimum Gasteiger partial charge on any atom is -0.280 e. The van der Waals surface area contributed by atoms with Crippen molar-refractivity contribution >= 4 is 17.5 Å². The zero-order valence-corrected chi connectivity index (χ0v) is 13.9. The number of anilines is 1. The number of imide groups is 1. The van der Waals surface area contributed by atoms with Crippen LogP contribution in [0.1, 0.15) is 24.9 Å². The van der Waals surface area contributed by atoms with Crippen molar-refractivity contribution < 1.29 is 14.4 Å². The lowest BCUT2D eigenvalue weighted by molar-refractivity contribution is -0.143. The fourth-order valence-corrected chi connectivity index (χ4v) is 3.61. The fraction of sp³-hybridized carbons (Fsp3) is 0.316. The minimum absolute atomic E-state index is 0.155. The maximum absolute atomic E-state index is 12.9. The van der Waals surface area contributed by atoms with Gasteiger partial charge >= 0.3 is 0 Å². The van der Waals surface area contributed by atoms with Gasteiger partial charge in [-0.3, -0.25) is 24.3 Å². The molecular weight excluding hydrogens is 318 g/mol. The molecule has 0 aliphatic carbocycles. The van der Waals surface area contributed by atoms with E-state index in [0.29, 0.717) is 6.54 Å². The first-order chi connectivity index (χ1) is 12.2. The van der Waals surface area contributed by atoms with E-state index in [9.17, 15) is 9.59 Å². The van der Waals surface area contributed by atoms with Gasteiger partial charge in [-0.1, -0.05) is 25.1 Å². The summed E-state index contributed by atoms with van der Waals surface area (Å²) in [5.41, 5.74) is 1.73. The zero-order valence-electron chi connectivity index (χ0n) is 13.9. The summed E-state index contributed by atoms with van der Waals surface area (Å²) in [6, 6.07) is 12.9. The highest BCUT2D eigenvalue weighted by atomic mass is 16.7. The Morgan fingerprint density at radius 1 is 1.04 bits per heavy atom. The number of fused-ring (bicyclic) bond motifs is 1. The molecule has 2 aromatic rings. The Morgan fingerprint density at radius 2 is 1.76 bits per heavy atom. The number of carbonyl (C=O) groups is 2.